The third kappa shape index (κ3) is 3.52. The van der Waals surface area contributed by atoms with Crippen LogP contribution in [0.1, 0.15) is 35.3 Å². The number of piperidine rings is 2. The van der Waals surface area contributed by atoms with Crippen LogP contribution in [-0.4, -0.2) is 44.3 Å². The van der Waals surface area contributed by atoms with Crippen molar-refractivity contribution in [2.45, 2.75) is 38.8 Å². The summed E-state index contributed by atoms with van der Waals surface area (Å²) in [4.78, 5) is 21.3. The van der Waals surface area contributed by atoms with Crippen LogP contribution in [0.5, 0.6) is 5.75 Å². The van der Waals surface area contributed by atoms with E-state index in [0.717, 1.165) is 28.4 Å². The van der Waals surface area contributed by atoms with Crippen molar-refractivity contribution < 1.29 is 13.9 Å². The van der Waals surface area contributed by atoms with Gasteiger partial charge in [0.25, 0.3) is 5.91 Å². The Morgan fingerprint density at radius 1 is 1.26 bits per heavy atom. The first-order valence-corrected chi connectivity index (χ1v) is 11.4. The number of aromatic nitrogens is 3. The zero-order chi connectivity index (χ0) is 21.7. The largest absolute Gasteiger partial charge is 0.491 e. The highest BCUT2D eigenvalue weighted by molar-refractivity contribution is 7.15. The van der Waals surface area contributed by atoms with Gasteiger partial charge in [0.1, 0.15) is 23.9 Å². The van der Waals surface area contributed by atoms with Gasteiger partial charge >= 0.3 is 0 Å². The van der Waals surface area contributed by atoms with Crippen molar-refractivity contribution in [3.63, 3.8) is 0 Å². The smallest absolute Gasteiger partial charge is 0.274 e. The number of rotatable bonds is 5. The topological polar surface area (TPSA) is 60.3 Å². The first kappa shape index (κ1) is 20.2. The standard InChI is InChI=1S/C23H25FN4O2S/c1-13-15-10-17(11-15)28(20(13)12-30-18-6-4-16(24)5-7-18)23(29)21-22(31-14(2)26-21)19-8-9-25-27(19)3/h4-9,13,15,17,20H,10-12H2,1-3H3. The number of ether oxygens (including phenoxy) is 1. The number of nitrogens with zero attached hydrogens (tertiary/aromatic N) is 4. The number of amides is 1. The van der Waals surface area contributed by atoms with E-state index in [1.165, 1.54) is 23.5 Å². The third-order valence-electron chi connectivity index (χ3n) is 6.71. The van der Waals surface area contributed by atoms with Crippen molar-refractivity contribution in [1.29, 1.82) is 0 Å². The number of carbonyl (C=O) groups excluding carboxylic acids is 1. The fourth-order valence-corrected chi connectivity index (χ4v) is 5.82. The number of benzene rings is 1. The van der Waals surface area contributed by atoms with E-state index in [9.17, 15) is 9.18 Å². The lowest BCUT2D eigenvalue weighted by molar-refractivity contribution is -0.0672. The quantitative estimate of drug-likeness (QED) is 0.593. The zero-order valence-electron chi connectivity index (χ0n) is 17.8. The highest BCUT2D eigenvalue weighted by Gasteiger charge is 2.51. The first-order chi connectivity index (χ1) is 14.9. The summed E-state index contributed by atoms with van der Waals surface area (Å²) in [5, 5.41) is 5.11. The minimum atomic E-state index is -0.293. The van der Waals surface area contributed by atoms with E-state index in [-0.39, 0.29) is 23.8 Å². The molecule has 2 bridgehead atoms. The summed E-state index contributed by atoms with van der Waals surface area (Å²) < 4.78 is 21.0. The normalized spacial score (nSPS) is 24.7. The van der Waals surface area contributed by atoms with Gasteiger partial charge in [-0.3, -0.25) is 9.48 Å². The van der Waals surface area contributed by atoms with Crippen molar-refractivity contribution >= 4 is 17.2 Å². The van der Waals surface area contributed by atoms with E-state index in [4.69, 9.17) is 4.74 Å². The molecule has 3 aliphatic rings. The Morgan fingerprint density at radius 2 is 2.00 bits per heavy atom. The third-order valence-corrected chi connectivity index (χ3v) is 7.70. The van der Waals surface area contributed by atoms with E-state index >= 15 is 0 Å². The van der Waals surface area contributed by atoms with Crippen molar-refractivity contribution in [2.24, 2.45) is 18.9 Å². The maximum Gasteiger partial charge on any atom is 0.274 e. The molecule has 2 atom stereocenters. The van der Waals surface area contributed by atoms with Crippen molar-refractivity contribution in [3.8, 4) is 16.3 Å². The van der Waals surface area contributed by atoms with Gasteiger partial charge in [0.05, 0.1) is 21.6 Å². The molecule has 4 heterocycles. The molecule has 2 aromatic heterocycles. The highest BCUT2D eigenvalue weighted by Crippen LogP contribution is 2.47. The molecule has 162 valence electrons. The molecule has 3 fully saturated rings. The molecule has 0 spiro atoms. The molecule has 1 aliphatic carbocycles. The summed E-state index contributed by atoms with van der Waals surface area (Å²) in [7, 11) is 1.87. The van der Waals surface area contributed by atoms with Gasteiger partial charge in [0.2, 0.25) is 0 Å². The average molecular weight is 441 g/mol. The molecule has 1 amide bonds. The number of hydrogen-bond acceptors (Lipinski definition) is 5. The van der Waals surface area contributed by atoms with Gasteiger partial charge in [-0.25, -0.2) is 9.37 Å². The van der Waals surface area contributed by atoms with E-state index < -0.39 is 0 Å². The minimum absolute atomic E-state index is 0.0387. The Kier molecular flexibility index (Phi) is 5.04. The van der Waals surface area contributed by atoms with Crippen LogP contribution in [0.4, 0.5) is 4.39 Å². The van der Waals surface area contributed by atoms with Crippen LogP contribution in [0, 0.1) is 24.6 Å². The Balaban J connectivity index is 1.44. The summed E-state index contributed by atoms with van der Waals surface area (Å²) >= 11 is 1.52. The van der Waals surface area contributed by atoms with Gasteiger partial charge in [-0.1, -0.05) is 6.92 Å². The summed E-state index contributed by atoms with van der Waals surface area (Å²) in [6.45, 7) is 4.51. The molecule has 8 heteroatoms. The lowest BCUT2D eigenvalue weighted by Gasteiger charge is -2.57. The number of halogens is 1. The van der Waals surface area contributed by atoms with E-state index in [0.29, 0.717) is 29.9 Å². The van der Waals surface area contributed by atoms with Gasteiger partial charge in [-0.05, 0) is 61.9 Å². The van der Waals surface area contributed by atoms with Crippen LogP contribution in [0.3, 0.4) is 0 Å². The first-order valence-electron chi connectivity index (χ1n) is 10.6. The van der Waals surface area contributed by atoms with Crippen LogP contribution in [0.2, 0.25) is 0 Å². The van der Waals surface area contributed by atoms with Crippen LogP contribution >= 0.6 is 11.3 Å². The molecule has 1 aromatic carbocycles. The maximum atomic E-state index is 13.8. The van der Waals surface area contributed by atoms with Crippen molar-refractivity contribution in [3.05, 3.63) is 53.0 Å². The number of carbonyl (C=O) groups is 1. The molecular formula is C23H25FN4O2S. The number of aryl methyl sites for hydroxylation is 2. The second-order valence-corrected chi connectivity index (χ2v) is 9.74. The molecule has 2 unspecified atom stereocenters. The molecule has 2 aliphatic heterocycles. The molecule has 0 radical (unpaired) electrons. The fourth-order valence-electron chi connectivity index (χ4n) is 4.85. The molecule has 6 nitrogen and oxygen atoms in total. The van der Waals surface area contributed by atoms with E-state index in [1.807, 2.05) is 24.9 Å². The van der Waals surface area contributed by atoms with Crippen LogP contribution in [-0.2, 0) is 7.05 Å². The van der Waals surface area contributed by atoms with Gasteiger partial charge in [0, 0.05) is 19.3 Å². The minimum Gasteiger partial charge on any atom is -0.491 e. The molecule has 6 rings (SSSR count). The second-order valence-electron chi connectivity index (χ2n) is 8.54. The predicted molar refractivity (Wildman–Crippen MR) is 117 cm³/mol. The highest BCUT2D eigenvalue weighted by atomic mass is 32.1. The lowest BCUT2D eigenvalue weighted by atomic mass is 9.64. The van der Waals surface area contributed by atoms with Gasteiger partial charge in [-0.15, -0.1) is 11.3 Å². The van der Waals surface area contributed by atoms with Crippen molar-refractivity contribution in [1.82, 2.24) is 19.7 Å². The average Bonchev–Trinajstić information content (AvgIpc) is 3.31. The Morgan fingerprint density at radius 3 is 2.68 bits per heavy atom. The monoisotopic (exact) mass is 440 g/mol. The summed E-state index contributed by atoms with van der Waals surface area (Å²) in [6.07, 6.45) is 3.80. The molecule has 2 saturated heterocycles. The maximum absolute atomic E-state index is 13.8. The van der Waals surface area contributed by atoms with Gasteiger partial charge in [-0.2, -0.15) is 5.10 Å². The summed E-state index contributed by atoms with van der Waals surface area (Å²) in [5.74, 6) is 1.22. The summed E-state index contributed by atoms with van der Waals surface area (Å²) in [6, 6.07) is 8.11. The second kappa shape index (κ2) is 7.75. The Labute approximate surface area is 184 Å². The van der Waals surface area contributed by atoms with Crippen LogP contribution in [0.25, 0.3) is 10.6 Å². The van der Waals surface area contributed by atoms with Gasteiger partial charge in [0.15, 0.2) is 0 Å². The number of thiazole rings is 1. The molecule has 31 heavy (non-hydrogen) atoms. The number of fused-ring (bicyclic) bond motifs is 2. The van der Waals surface area contributed by atoms with Crippen LogP contribution < -0.4 is 4.74 Å². The lowest BCUT2D eigenvalue weighted by Crippen LogP contribution is -2.64. The van der Waals surface area contributed by atoms with Crippen molar-refractivity contribution in [2.75, 3.05) is 6.61 Å². The van der Waals surface area contributed by atoms with E-state index in [2.05, 4.69) is 17.0 Å². The Hall–Kier alpha value is -2.74. The van der Waals surface area contributed by atoms with Gasteiger partial charge < -0.3 is 9.64 Å². The number of hydrogen-bond donors (Lipinski definition) is 0. The molecule has 0 N–H and O–H groups in total. The molecular weight excluding hydrogens is 415 g/mol. The fraction of sp³-hybridized carbons (Fsp3) is 0.435. The Bertz CT molecular complexity index is 1100. The van der Waals surface area contributed by atoms with Crippen LogP contribution in [0.15, 0.2) is 36.5 Å². The predicted octanol–water partition coefficient (Wildman–Crippen LogP) is 4.31. The summed E-state index contributed by atoms with van der Waals surface area (Å²) in [5.41, 5.74) is 1.39. The zero-order valence-corrected chi connectivity index (χ0v) is 18.6. The molecule has 3 aromatic rings. The molecule has 1 saturated carbocycles. The SMILES string of the molecule is Cc1nc(C(=O)N2C3CC(C3)C(C)C2COc2ccc(F)cc2)c(-c2ccnn2C)s1. The van der Waals surface area contributed by atoms with E-state index in [1.54, 1.807) is 23.0 Å².